The van der Waals surface area contributed by atoms with Crippen LogP contribution < -0.4 is 27.0 Å². The molecule has 0 unspecified atom stereocenters. The molecule has 0 aromatic carbocycles. The minimum absolute atomic E-state index is 0.0525. The van der Waals surface area contributed by atoms with E-state index >= 15 is 0 Å². The van der Waals surface area contributed by atoms with E-state index in [2.05, 4.69) is 21.3 Å². The Hall–Kier alpha value is -1.71. The molecule has 0 bridgehead atoms. The van der Waals surface area contributed by atoms with Crippen molar-refractivity contribution in [2.75, 3.05) is 19.6 Å². The third kappa shape index (κ3) is 11.5. The van der Waals surface area contributed by atoms with E-state index in [9.17, 15) is 14.4 Å². The maximum atomic E-state index is 12.2. The van der Waals surface area contributed by atoms with Crippen molar-refractivity contribution in [2.45, 2.75) is 64.7 Å². The molecule has 0 saturated heterocycles. The predicted molar refractivity (Wildman–Crippen MR) is 96.1 cm³/mol. The Morgan fingerprint density at radius 1 is 0.880 bits per heavy atom. The van der Waals surface area contributed by atoms with E-state index in [1.54, 1.807) is 0 Å². The average molecular weight is 359 g/mol. The van der Waals surface area contributed by atoms with E-state index < -0.39 is 18.1 Å². The normalized spacial score (nSPS) is 13.6. The van der Waals surface area contributed by atoms with Crippen LogP contribution in [0.15, 0.2) is 0 Å². The van der Waals surface area contributed by atoms with Crippen LogP contribution in [0.25, 0.3) is 0 Å². The minimum Gasteiger partial charge on any atom is -0.481 e. The molecule has 0 aliphatic rings. The molecule has 0 rings (SSSR count). The number of rotatable bonds is 13. The van der Waals surface area contributed by atoms with Gasteiger partial charge < -0.3 is 32.1 Å². The lowest BCUT2D eigenvalue weighted by atomic mass is 10.1. The number of hydrogen-bond acceptors (Lipinski definition) is 6. The van der Waals surface area contributed by atoms with Gasteiger partial charge in [0, 0.05) is 38.1 Å². The Bertz CT molecular complexity index is 429. The Morgan fingerprint density at radius 2 is 1.32 bits per heavy atom. The van der Waals surface area contributed by atoms with Crippen LogP contribution in [0.3, 0.4) is 0 Å². The van der Waals surface area contributed by atoms with Crippen LogP contribution in [0.2, 0.25) is 0 Å². The number of carbonyl (C=O) groups excluding carboxylic acids is 2. The number of amides is 2. The van der Waals surface area contributed by atoms with E-state index in [4.69, 9.17) is 10.8 Å². The molecular formula is C16H33N5O4. The van der Waals surface area contributed by atoms with Crippen molar-refractivity contribution >= 4 is 17.8 Å². The Labute approximate surface area is 149 Å². The average Bonchev–Trinajstić information content (AvgIpc) is 2.51. The molecule has 0 fully saturated rings. The van der Waals surface area contributed by atoms with Crippen molar-refractivity contribution in [1.82, 2.24) is 21.3 Å². The second-order valence-corrected chi connectivity index (χ2v) is 6.50. The lowest BCUT2D eigenvalue weighted by molar-refractivity contribution is -0.137. The van der Waals surface area contributed by atoms with E-state index in [0.29, 0.717) is 0 Å². The van der Waals surface area contributed by atoms with E-state index in [-0.39, 0.29) is 56.4 Å². The van der Waals surface area contributed by atoms with Crippen LogP contribution in [-0.4, -0.2) is 66.7 Å². The van der Waals surface area contributed by atoms with Crippen LogP contribution in [-0.2, 0) is 14.4 Å². The third-order valence-corrected chi connectivity index (χ3v) is 3.31. The van der Waals surface area contributed by atoms with Gasteiger partial charge in [0.05, 0.1) is 12.1 Å². The van der Waals surface area contributed by atoms with E-state index in [1.165, 1.54) is 0 Å². The van der Waals surface area contributed by atoms with Gasteiger partial charge in [-0.3, -0.25) is 14.4 Å². The number of nitrogens with one attached hydrogen (secondary N) is 4. The molecule has 2 atom stereocenters. The number of carbonyl (C=O) groups is 3. The van der Waals surface area contributed by atoms with Crippen molar-refractivity contribution in [2.24, 2.45) is 5.73 Å². The summed E-state index contributed by atoms with van der Waals surface area (Å²) in [6.07, 6.45) is 0.118. The van der Waals surface area contributed by atoms with Crippen LogP contribution in [0.1, 0.15) is 40.5 Å². The summed E-state index contributed by atoms with van der Waals surface area (Å²) in [4.78, 5) is 34.8. The van der Waals surface area contributed by atoms with Gasteiger partial charge >= 0.3 is 5.97 Å². The fourth-order valence-corrected chi connectivity index (χ4v) is 2.23. The molecule has 2 amide bonds. The van der Waals surface area contributed by atoms with Gasteiger partial charge in [0.15, 0.2) is 0 Å². The molecule has 0 heterocycles. The first-order chi connectivity index (χ1) is 11.7. The number of aliphatic carboxylic acids is 1. The zero-order valence-electron chi connectivity index (χ0n) is 15.6. The minimum atomic E-state index is -0.943. The summed E-state index contributed by atoms with van der Waals surface area (Å²) in [5, 5.41) is 20.3. The molecule has 7 N–H and O–H groups in total. The molecule has 0 radical (unpaired) electrons. The largest absolute Gasteiger partial charge is 0.481 e. The molecule has 0 aromatic rings. The molecule has 9 nitrogen and oxygen atoms in total. The highest BCUT2D eigenvalue weighted by Gasteiger charge is 2.20. The van der Waals surface area contributed by atoms with Gasteiger partial charge in [-0.05, 0) is 6.42 Å². The van der Waals surface area contributed by atoms with Gasteiger partial charge in [-0.15, -0.1) is 0 Å². The summed E-state index contributed by atoms with van der Waals surface area (Å²) in [6.45, 7) is 8.34. The fourth-order valence-electron chi connectivity index (χ4n) is 2.23. The summed E-state index contributed by atoms with van der Waals surface area (Å²) in [5.74, 6) is -1.44. The van der Waals surface area contributed by atoms with Crippen LogP contribution in [0.4, 0.5) is 0 Å². The Morgan fingerprint density at radius 3 is 1.72 bits per heavy atom. The third-order valence-electron chi connectivity index (χ3n) is 3.31. The predicted octanol–water partition coefficient (Wildman–Crippen LogP) is -1.22. The summed E-state index contributed by atoms with van der Waals surface area (Å²) < 4.78 is 0. The molecule has 0 aliphatic carbocycles. The van der Waals surface area contributed by atoms with Crippen molar-refractivity contribution in [3.8, 4) is 0 Å². The van der Waals surface area contributed by atoms with Gasteiger partial charge in [0.2, 0.25) is 11.8 Å². The van der Waals surface area contributed by atoms with Gasteiger partial charge in [-0.2, -0.15) is 0 Å². The van der Waals surface area contributed by atoms with Crippen molar-refractivity contribution in [1.29, 1.82) is 0 Å². The monoisotopic (exact) mass is 359 g/mol. The lowest BCUT2D eigenvalue weighted by Gasteiger charge is -2.21. The molecular weight excluding hydrogens is 326 g/mol. The van der Waals surface area contributed by atoms with Crippen LogP contribution >= 0.6 is 0 Å². The highest BCUT2D eigenvalue weighted by atomic mass is 16.4. The summed E-state index contributed by atoms with van der Waals surface area (Å²) in [6, 6.07) is -0.861. The highest BCUT2D eigenvalue weighted by molar-refractivity contribution is 5.83. The summed E-state index contributed by atoms with van der Waals surface area (Å²) in [7, 11) is 0. The van der Waals surface area contributed by atoms with Crippen molar-refractivity contribution in [3.05, 3.63) is 0 Å². The molecule has 146 valence electrons. The van der Waals surface area contributed by atoms with Crippen molar-refractivity contribution < 1.29 is 19.5 Å². The van der Waals surface area contributed by atoms with Gasteiger partial charge in [0.1, 0.15) is 0 Å². The quantitative estimate of drug-likeness (QED) is 0.226. The molecule has 25 heavy (non-hydrogen) atoms. The van der Waals surface area contributed by atoms with Gasteiger partial charge in [-0.25, -0.2) is 0 Å². The molecule has 0 spiro atoms. The van der Waals surface area contributed by atoms with Crippen LogP contribution in [0, 0.1) is 0 Å². The maximum Gasteiger partial charge on any atom is 0.303 e. The van der Waals surface area contributed by atoms with E-state index in [1.807, 2.05) is 27.7 Å². The van der Waals surface area contributed by atoms with Crippen molar-refractivity contribution in [3.63, 3.8) is 0 Å². The SMILES string of the molecule is CC(C)N[C@@H](CN)C(=O)NCCNC(=O)[C@H](CCC(=O)O)NC(C)C. The second-order valence-electron chi connectivity index (χ2n) is 6.50. The summed E-state index contributed by atoms with van der Waals surface area (Å²) >= 11 is 0. The zero-order chi connectivity index (χ0) is 19.4. The van der Waals surface area contributed by atoms with Crippen LogP contribution in [0.5, 0.6) is 0 Å². The first kappa shape index (κ1) is 23.3. The molecule has 0 saturated carbocycles. The number of carboxylic acids is 1. The first-order valence-electron chi connectivity index (χ1n) is 8.66. The number of nitrogens with two attached hydrogens (primary N) is 1. The topological polar surface area (TPSA) is 146 Å². The zero-order valence-corrected chi connectivity index (χ0v) is 15.6. The molecule has 0 aliphatic heterocycles. The first-order valence-corrected chi connectivity index (χ1v) is 8.66. The fraction of sp³-hybridized carbons (Fsp3) is 0.812. The molecule has 0 aromatic heterocycles. The smallest absolute Gasteiger partial charge is 0.303 e. The van der Waals surface area contributed by atoms with E-state index in [0.717, 1.165) is 0 Å². The highest BCUT2D eigenvalue weighted by Crippen LogP contribution is 1.99. The maximum absolute atomic E-state index is 12.2. The van der Waals surface area contributed by atoms with Gasteiger partial charge in [-0.1, -0.05) is 27.7 Å². The Kier molecular flexibility index (Phi) is 11.8. The van der Waals surface area contributed by atoms with Gasteiger partial charge in [0.25, 0.3) is 0 Å². The molecule has 9 heteroatoms. The lowest BCUT2D eigenvalue weighted by Crippen LogP contribution is -2.52. The standard InChI is InChI=1S/C16H33N5O4/c1-10(2)20-12(5-6-14(22)23)15(24)18-7-8-19-16(25)13(9-17)21-11(3)4/h10-13,20-21H,5-9,17H2,1-4H3,(H,18,24)(H,19,25)(H,22,23)/t12-,13-/m0/s1. The second kappa shape index (κ2) is 12.6. The number of carboxylic acid groups (broad SMARTS) is 1. The summed E-state index contributed by atoms with van der Waals surface area (Å²) in [5.41, 5.74) is 5.57. The Balaban J connectivity index is 4.27. The number of hydrogen-bond donors (Lipinski definition) is 6.